The van der Waals surface area contributed by atoms with Crippen LogP contribution in [0.15, 0.2) is 0 Å². The molecule has 0 aliphatic carbocycles. The smallest absolute Gasteiger partial charge is 0.217 e. The van der Waals surface area contributed by atoms with Gasteiger partial charge < -0.3 is 14.8 Å². The normalized spacial score (nSPS) is 21.4. The average Bonchev–Trinajstić information content (AvgIpc) is 1.55. The highest BCUT2D eigenvalue weighted by Crippen LogP contribution is 2.10. The Morgan fingerprint density at radius 3 is 2.60 bits per heavy atom. The molecule has 1 fully saturated rings. The van der Waals surface area contributed by atoms with E-state index in [1.807, 2.05) is 6.92 Å². The Morgan fingerprint density at radius 2 is 2.30 bits per heavy atom. The van der Waals surface area contributed by atoms with Gasteiger partial charge in [0.05, 0.1) is 6.04 Å². The first-order chi connectivity index (χ1) is 4.70. The van der Waals surface area contributed by atoms with Gasteiger partial charge in [0.15, 0.2) is 13.1 Å². The van der Waals surface area contributed by atoms with Crippen molar-refractivity contribution in [3.05, 3.63) is 0 Å². The van der Waals surface area contributed by atoms with E-state index < -0.39 is 0 Å². The van der Waals surface area contributed by atoms with Crippen LogP contribution in [-0.4, -0.2) is 25.0 Å². The van der Waals surface area contributed by atoms with Gasteiger partial charge in [-0.05, 0) is 6.92 Å². The highest BCUT2D eigenvalue weighted by molar-refractivity contribution is 5.73. The van der Waals surface area contributed by atoms with Gasteiger partial charge in [0, 0.05) is 6.92 Å². The first-order valence-electron chi connectivity index (χ1n) is 3.20. The quantitative estimate of drug-likeness (QED) is 0.587. The van der Waals surface area contributed by atoms with E-state index in [2.05, 4.69) is 5.32 Å². The molecule has 58 valence electrons. The molecule has 0 bridgehead atoms. The highest BCUT2D eigenvalue weighted by Gasteiger charge is 2.25. The Bertz CT molecular complexity index is 133. The van der Waals surface area contributed by atoms with Gasteiger partial charge in [-0.15, -0.1) is 0 Å². The van der Waals surface area contributed by atoms with E-state index in [4.69, 9.17) is 9.47 Å². The van der Waals surface area contributed by atoms with Crippen molar-refractivity contribution in [1.29, 1.82) is 0 Å². The highest BCUT2D eigenvalue weighted by atomic mass is 16.8. The van der Waals surface area contributed by atoms with Gasteiger partial charge in [0.25, 0.3) is 0 Å². The zero-order valence-corrected chi connectivity index (χ0v) is 6.09. The monoisotopic (exact) mass is 145 g/mol. The summed E-state index contributed by atoms with van der Waals surface area (Å²) in [7, 11) is 0. The van der Waals surface area contributed by atoms with E-state index in [0.717, 1.165) is 0 Å². The summed E-state index contributed by atoms with van der Waals surface area (Å²) in [5.74, 6) is -0.0633. The Labute approximate surface area is 59.5 Å². The summed E-state index contributed by atoms with van der Waals surface area (Å²) >= 11 is 0. The standard InChI is InChI=1S/C6H11NO3/c1-4(7-5(2)8)6-9-3-10-6/h4,6H,3H2,1-2H3,(H,7,8). The summed E-state index contributed by atoms with van der Waals surface area (Å²) in [6.07, 6.45) is -0.246. The van der Waals surface area contributed by atoms with E-state index in [9.17, 15) is 4.79 Å². The minimum atomic E-state index is -0.246. The number of amides is 1. The van der Waals surface area contributed by atoms with Gasteiger partial charge in [-0.1, -0.05) is 0 Å². The summed E-state index contributed by atoms with van der Waals surface area (Å²) in [5, 5.41) is 2.66. The van der Waals surface area contributed by atoms with Crippen molar-refractivity contribution in [2.24, 2.45) is 0 Å². The minimum absolute atomic E-state index is 0.0498. The fourth-order valence-electron chi connectivity index (χ4n) is 0.824. The lowest BCUT2D eigenvalue weighted by Gasteiger charge is -2.31. The number of carbonyl (C=O) groups excluding carboxylic acids is 1. The molecule has 0 aromatic carbocycles. The third-order valence-corrected chi connectivity index (χ3v) is 1.30. The van der Waals surface area contributed by atoms with E-state index in [1.54, 1.807) is 0 Å². The molecule has 1 N–H and O–H groups in total. The summed E-state index contributed by atoms with van der Waals surface area (Å²) < 4.78 is 9.91. The van der Waals surface area contributed by atoms with Crippen molar-refractivity contribution in [2.75, 3.05) is 6.79 Å². The summed E-state index contributed by atoms with van der Waals surface area (Å²) in [6.45, 7) is 3.65. The molecule has 4 nitrogen and oxygen atoms in total. The minimum Gasteiger partial charge on any atom is -0.349 e. The van der Waals surface area contributed by atoms with Gasteiger partial charge in [-0.3, -0.25) is 4.79 Å². The zero-order valence-electron chi connectivity index (χ0n) is 6.09. The SMILES string of the molecule is CC(=O)NC(C)C1OCO1. The molecular formula is C6H11NO3. The number of hydrogen-bond acceptors (Lipinski definition) is 3. The molecule has 1 aliphatic heterocycles. The molecule has 0 aromatic heterocycles. The van der Waals surface area contributed by atoms with Crippen LogP contribution in [0.2, 0.25) is 0 Å². The molecule has 1 aliphatic rings. The molecule has 1 saturated heterocycles. The molecule has 4 heteroatoms. The second-order valence-corrected chi connectivity index (χ2v) is 2.31. The Hall–Kier alpha value is -0.610. The van der Waals surface area contributed by atoms with Gasteiger partial charge in [-0.2, -0.15) is 0 Å². The second kappa shape index (κ2) is 2.98. The van der Waals surface area contributed by atoms with Crippen molar-refractivity contribution in [1.82, 2.24) is 5.32 Å². The Kier molecular flexibility index (Phi) is 2.24. The first-order valence-corrected chi connectivity index (χ1v) is 3.20. The molecule has 1 heterocycles. The average molecular weight is 145 g/mol. The van der Waals surface area contributed by atoms with Crippen LogP contribution in [0.25, 0.3) is 0 Å². The molecule has 1 atom stereocenters. The molecule has 1 amide bonds. The fourth-order valence-corrected chi connectivity index (χ4v) is 0.824. The molecule has 1 rings (SSSR count). The third kappa shape index (κ3) is 1.68. The Morgan fingerprint density at radius 1 is 1.70 bits per heavy atom. The predicted octanol–water partition coefficient (Wildman–Crippen LogP) is -0.159. The van der Waals surface area contributed by atoms with Crippen LogP contribution in [0.1, 0.15) is 13.8 Å². The largest absolute Gasteiger partial charge is 0.349 e. The summed E-state index contributed by atoms with van der Waals surface area (Å²) in [5.41, 5.74) is 0. The Balaban J connectivity index is 2.19. The molecule has 1 unspecified atom stereocenters. The van der Waals surface area contributed by atoms with Crippen LogP contribution in [0, 0.1) is 0 Å². The zero-order chi connectivity index (χ0) is 7.56. The van der Waals surface area contributed by atoms with Crippen LogP contribution < -0.4 is 5.32 Å². The van der Waals surface area contributed by atoms with Gasteiger partial charge in [0.1, 0.15) is 0 Å². The van der Waals surface area contributed by atoms with Gasteiger partial charge >= 0.3 is 0 Å². The number of rotatable bonds is 2. The lowest BCUT2D eigenvalue weighted by molar-refractivity contribution is -0.327. The molecule has 0 aromatic rings. The molecular weight excluding hydrogens is 134 g/mol. The predicted molar refractivity (Wildman–Crippen MR) is 34.1 cm³/mol. The lowest BCUT2D eigenvalue weighted by atomic mass is 10.3. The molecule has 0 spiro atoms. The molecule has 0 radical (unpaired) electrons. The summed E-state index contributed by atoms with van der Waals surface area (Å²) in [4.78, 5) is 10.5. The molecule has 0 saturated carbocycles. The topological polar surface area (TPSA) is 47.6 Å². The maximum Gasteiger partial charge on any atom is 0.217 e. The number of nitrogens with one attached hydrogen (secondary N) is 1. The van der Waals surface area contributed by atoms with Crippen molar-refractivity contribution in [3.8, 4) is 0 Å². The van der Waals surface area contributed by atoms with Crippen LogP contribution >= 0.6 is 0 Å². The lowest BCUT2D eigenvalue weighted by Crippen LogP contribution is -2.48. The fraction of sp³-hybridized carbons (Fsp3) is 0.833. The van der Waals surface area contributed by atoms with Crippen LogP contribution in [0.3, 0.4) is 0 Å². The number of carbonyl (C=O) groups is 1. The van der Waals surface area contributed by atoms with E-state index in [-0.39, 0.29) is 18.2 Å². The first kappa shape index (κ1) is 7.50. The van der Waals surface area contributed by atoms with Crippen molar-refractivity contribution in [3.63, 3.8) is 0 Å². The van der Waals surface area contributed by atoms with Crippen molar-refractivity contribution < 1.29 is 14.3 Å². The number of hydrogen-bond donors (Lipinski definition) is 1. The van der Waals surface area contributed by atoms with E-state index >= 15 is 0 Å². The van der Waals surface area contributed by atoms with Crippen molar-refractivity contribution in [2.45, 2.75) is 26.2 Å². The third-order valence-electron chi connectivity index (χ3n) is 1.30. The second-order valence-electron chi connectivity index (χ2n) is 2.31. The van der Waals surface area contributed by atoms with Gasteiger partial charge in [-0.25, -0.2) is 0 Å². The van der Waals surface area contributed by atoms with Crippen LogP contribution in [0.5, 0.6) is 0 Å². The number of ether oxygens (including phenoxy) is 2. The maximum absolute atomic E-state index is 10.5. The van der Waals surface area contributed by atoms with E-state index in [0.29, 0.717) is 6.79 Å². The van der Waals surface area contributed by atoms with Crippen LogP contribution in [-0.2, 0) is 14.3 Å². The van der Waals surface area contributed by atoms with Crippen LogP contribution in [0.4, 0.5) is 0 Å². The van der Waals surface area contributed by atoms with Crippen molar-refractivity contribution >= 4 is 5.91 Å². The maximum atomic E-state index is 10.5. The van der Waals surface area contributed by atoms with Gasteiger partial charge in [0.2, 0.25) is 5.91 Å². The van der Waals surface area contributed by atoms with E-state index in [1.165, 1.54) is 6.92 Å². The summed E-state index contributed by atoms with van der Waals surface area (Å²) in [6, 6.07) is -0.0498. The molecule has 10 heavy (non-hydrogen) atoms.